The van der Waals surface area contributed by atoms with E-state index >= 15 is 0 Å². The molecule has 1 atom stereocenters. The normalized spacial score (nSPS) is 16.0. The Kier molecular flexibility index (Phi) is 2.88. The van der Waals surface area contributed by atoms with Gasteiger partial charge in [-0.1, -0.05) is 0 Å². The Morgan fingerprint density at radius 2 is 2.25 bits per heavy atom. The highest BCUT2D eigenvalue weighted by molar-refractivity contribution is 7.12. The second kappa shape index (κ2) is 3.56. The van der Waals surface area contributed by atoms with Crippen LogP contribution in [-0.2, 0) is 10.3 Å². The third-order valence-electron chi connectivity index (χ3n) is 1.70. The zero-order valence-corrected chi connectivity index (χ0v) is 8.44. The van der Waals surface area contributed by atoms with Gasteiger partial charge in [0.05, 0.1) is 6.61 Å². The SMILES string of the molecule is COCC(C)(O)c1ccc(C)s1. The molecular weight excluding hydrogens is 172 g/mol. The van der Waals surface area contributed by atoms with Gasteiger partial charge >= 0.3 is 0 Å². The van der Waals surface area contributed by atoms with Gasteiger partial charge in [0.1, 0.15) is 5.60 Å². The Bertz CT molecular complexity index is 253. The number of methoxy groups -OCH3 is 1. The van der Waals surface area contributed by atoms with Crippen LogP contribution in [0.5, 0.6) is 0 Å². The van der Waals surface area contributed by atoms with Crippen molar-refractivity contribution in [2.24, 2.45) is 0 Å². The molecule has 12 heavy (non-hydrogen) atoms. The fourth-order valence-electron chi connectivity index (χ4n) is 1.08. The van der Waals surface area contributed by atoms with Crippen LogP contribution in [-0.4, -0.2) is 18.8 Å². The van der Waals surface area contributed by atoms with Gasteiger partial charge in [0.2, 0.25) is 0 Å². The lowest BCUT2D eigenvalue weighted by molar-refractivity contribution is -0.0180. The van der Waals surface area contributed by atoms with Crippen molar-refractivity contribution in [1.82, 2.24) is 0 Å². The Labute approximate surface area is 76.8 Å². The molecule has 68 valence electrons. The fourth-order valence-corrected chi connectivity index (χ4v) is 1.97. The van der Waals surface area contributed by atoms with Gasteiger partial charge < -0.3 is 9.84 Å². The first kappa shape index (κ1) is 9.71. The van der Waals surface area contributed by atoms with Crippen LogP contribution in [0.4, 0.5) is 0 Å². The van der Waals surface area contributed by atoms with E-state index in [0.717, 1.165) is 4.88 Å². The van der Waals surface area contributed by atoms with Gasteiger partial charge in [0.15, 0.2) is 0 Å². The van der Waals surface area contributed by atoms with E-state index in [1.165, 1.54) is 4.88 Å². The molecule has 1 aromatic rings. The first-order chi connectivity index (χ1) is 5.56. The molecule has 1 unspecified atom stereocenters. The molecule has 0 saturated carbocycles. The van der Waals surface area contributed by atoms with Gasteiger partial charge in [-0.05, 0) is 26.0 Å². The second-order valence-corrected chi connectivity index (χ2v) is 4.41. The minimum Gasteiger partial charge on any atom is -0.382 e. The summed E-state index contributed by atoms with van der Waals surface area (Å²) in [5, 5.41) is 9.88. The van der Waals surface area contributed by atoms with E-state index < -0.39 is 5.60 Å². The van der Waals surface area contributed by atoms with Crippen LogP contribution >= 0.6 is 11.3 Å². The highest BCUT2D eigenvalue weighted by Crippen LogP contribution is 2.27. The molecule has 0 saturated heterocycles. The fraction of sp³-hybridized carbons (Fsp3) is 0.556. The molecule has 1 rings (SSSR count). The van der Waals surface area contributed by atoms with E-state index in [-0.39, 0.29) is 0 Å². The third kappa shape index (κ3) is 2.06. The second-order valence-electron chi connectivity index (χ2n) is 3.12. The van der Waals surface area contributed by atoms with E-state index in [1.54, 1.807) is 25.4 Å². The van der Waals surface area contributed by atoms with Gasteiger partial charge in [-0.25, -0.2) is 0 Å². The maximum Gasteiger partial charge on any atom is 0.119 e. The summed E-state index contributed by atoms with van der Waals surface area (Å²) in [7, 11) is 1.59. The molecule has 1 N–H and O–H groups in total. The lowest BCUT2D eigenvalue weighted by Gasteiger charge is -2.20. The molecule has 0 amide bonds. The molecule has 0 aliphatic carbocycles. The molecule has 3 heteroatoms. The summed E-state index contributed by atoms with van der Waals surface area (Å²) in [5.41, 5.74) is -0.840. The Morgan fingerprint density at radius 3 is 2.67 bits per heavy atom. The summed E-state index contributed by atoms with van der Waals surface area (Å²) in [6.07, 6.45) is 0. The number of aliphatic hydroxyl groups is 1. The zero-order chi connectivity index (χ0) is 9.19. The standard InChI is InChI=1S/C9H14O2S/c1-7-4-5-8(12-7)9(2,10)6-11-3/h4-5,10H,6H2,1-3H3. The molecule has 0 aliphatic rings. The van der Waals surface area contributed by atoms with Gasteiger partial charge in [0, 0.05) is 16.9 Å². The lowest BCUT2D eigenvalue weighted by Crippen LogP contribution is -2.25. The zero-order valence-electron chi connectivity index (χ0n) is 7.63. The predicted molar refractivity (Wildman–Crippen MR) is 50.5 cm³/mol. The molecule has 1 heterocycles. The summed E-state index contributed by atoms with van der Waals surface area (Å²) in [6.45, 7) is 4.13. The van der Waals surface area contributed by atoms with Crippen molar-refractivity contribution in [2.45, 2.75) is 19.4 Å². The molecule has 0 fully saturated rings. The van der Waals surface area contributed by atoms with Crippen LogP contribution in [0.15, 0.2) is 12.1 Å². The molecule has 0 radical (unpaired) electrons. The summed E-state index contributed by atoms with van der Waals surface area (Å²) < 4.78 is 4.93. The van der Waals surface area contributed by atoms with Crippen molar-refractivity contribution in [3.05, 3.63) is 21.9 Å². The number of hydrogen-bond donors (Lipinski definition) is 1. The number of aryl methyl sites for hydroxylation is 1. The quantitative estimate of drug-likeness (QED) is 0.781. The third-order valence-corrected chi connectivity index (χ3v) is 2.95. The van der Waals surface area contributed by atoms with Crippen molar-refractivity contribution >= 4 is 11.3 Å². The van der Waals surface area contributed by atoms with E-state index in [9.17, 15) is 5.11 Å². The number of rotatable bonds is 3. The van der Waals surface area contributed by atoms with Crippen LogP contribution < -0.4 is 0 Å². The summed E-state index contributed by atoms with van der Waals surface area (Å²) in [4.78, 5) is 2.17. The molecule has 0 aromatic carbocycles. The number of hydrogen-bond acceptors (Lipinski definition) is 3. The average Bonchev–Trinajstić information content (AvgIpc) is 2.36. The maximum atomic E-state index is 9.88. The van der Waals surface area contributed by atoms with Crippen LogP contribution in [0, 0.1) is 6.92 Å². The minimum absolute atomic E-state index is 0.340. The topological polar surface area (TPSA) is 29.5 Å². The van der Waals surface area contributed by atoms with Crippen LogP contribution in [0.2, 0.25) is 0 Å². The Morgan fingerprint density at radius 1 is 1.58 bits per heavy atom. The monoisotopic (exact) mass is 186 g/mol. The Hall–Kier alpha value is -0.380. The van der Waals surface area contributed by atoms with Crippen LogP contribution in [0.25, 0.3) is 0 Å². The Balaban J connectivity index is 2.81. The van der Waals surface area contributed by atoms with Gasteiger partial charge in [-0.2, -0.15) is 0 Å². The molecular formula is C9H14O2S. The molecule has 1 aromatic heterocycles. The molecule has 0 bridgehead atoms. The van der Waals surface area contributed by atoms with Crippen molar-refractivity contribution in [2.75, 3.05) is 13.7 Å². The van der Waals surface area contributed by atoms with Gasteiger partial charge in [-0.3, -0.25) is 0 Å². The smallest absolute Gasteiger partial charge is 0.119 e. The van der Waals surface area contributed by atoms with E-state index in [4.69, 9.17) is 4.74 Å². The lowest BCUT2D eigenvalue weighted by atomic mass is 10.1. The average molecular weight is 186 g/mol. The van der Waals surface area contributed by atoms with Crippen molar-refractivity contribution < 1.29 is 9.84 Å². The van der Waals surface area contributed by atoms with E-state index in [2.05, 4.69) is 0 Å². The molecule has 2 nitrogen and oxygen atoms in total. The molecule has 0 aliphatic heterocycles. The van der Waals surface area contributed by atoms with Crippen LogP contribution in [0.3, 0.4) is 0 Å². The summed E-state index contributed by atoms with van der Waals surface area (Å²) >= 11 is 1.60. The maximum absolute atomic E-state index is 9.88. The highest BCUT2D eigenvalue weighted by Gasteiger charge is 2.24. The van der Waals surface area contributed by atoms with E-state index in [1.807, 2.05) is 19.1 Å². The van der Waals surface area contributed by atoms with Gasteiger partial charge in [0.25, 0.3) is 0 Å². The highest BCUT2D eigenvalue weighted by atomic mass is 32.1. The minimum atomic E-state index is -0.840. The summed E-state index contributed by atoms with van der Waals surface area (Å²) in [5.74, 6) is 0. The van der Waals surface area contributed by atoms with Crippen molar-refractivity contribution in [1.29, 1.82) is 0 Å². The number of ether oxygens (including phenoxy) is 1. The summed E-state index contributed by atoms with van der Waals surface area (Å²) in [6, 6.07) is 3.95. The van der Waals surface area contributed by atoms with Crippen molar-refractivity contribution in [3.63, 3.8) is 0 Å². The van der Waals surface area contributed by atoms with Crippen molar-refractivity contribution in [3.8, 4) is 0 Å². The largest absolute Gasteiger partial charge is 0.382 e. The predicted octanol–water partition coefficient (Wildman–Crippen LogP) is 1.91. The first-order valence-electron chi connectivity index (χ1n) is 3.84. The molecule has 0 spiro atoms. The van der Waals surface area contributed by atoms with Gasteiger partial charge in [-0.15, -0.1) is 11.3 Å². The van der Waals surface area contributed by atoms with Crippen LogP contribution in [0.1, 0.15) is 16.7 Å². The van der Waals surface area contributed by atoms with E-state index in [0.29, 0.717) is 6.61 Å². The number of thiophene rings is 1. The first-order valence-corrected chi connectivity index (χ1v) is 4.66.